The van der Waals surface area contributed by atoms with Crippen molar-refractivity contribution in [2.24, 2.45) is 0 Å². The number of hydrogen-bond donors (Lipinski definition) is 3. The van der Waals surface area contributed by atoms with Gasteiger partial charge in [-0.15, -0.1) is 0 Å². The Labute approximate surface area is 463 Å². The normalized spacial score (nSPS) is 12.5. The van der Waals surface area contributed by atoms with Gasteiger partial charge in [0.2, 0.25) is 5.91 Å². The molecule has 0 rings (SSSR count). The molecule has 0 aromatic rings. The number of carbonyl (C=O) groups is 2. The minimum Gasteiger partial charge on any atom is -0.466 e. The molecule has 0 bridgehead atoms. The highest BCUT2D eigenvalue weighted by Gasteiger charge is 2.20. The van der Waals surface area contributed by atoms with Crippen molar-refractivity contribution in [2.45, 2.75) is 398 Å². The zero-order valence-corrected chi connectivity index (χ0v) is 50.4. The minimum atomic E-state index is -0.674. The first-order valence-corrected chi connectivity index (χ1v) is 33.9. The summed E-state index contributed by atoms with van der Waals surface area (Å²) in [5.74, 6) is -0.0377. The Bertz CT molecular complexity index is 1110. The summed E-state index contributed by atoms with van der Waals surface area (Å²) < 4.78 is 5.48. The SMILES string of the molecule is CCCCCCCCCCCCCCCCCCCCCCCCCCCC(O)C(CO)NC(=O)CCCCCCC/C=C\CCCCCCCCCCCOC(=O)CCCCCCCCCCCCCCCC. The molecule has 0 saturated carbocycles. The lowest BCUT2D eigenvalue weighted by atomic mass is 10.0. The number of aliphatic hydroxyl groups excluding tert-OH is 2. The smallest absolute Gasteiger partial charge is 0.305 e. The van der Waals surface area contributed by atoms with E-state index in [1.54, 1.807) is 0 Å². The molecule has 6 heteroatoms. The average molecular weight is 1040 g/mol. The maximum atomic E-state index is 12.5. The summed E-state index contributed by atoms with van der Waals surface area (Å²) >= 11 is 0. The van der Waals surface area contributed by atoms with Crippen LogP contribution in [0.25, 0.3) is 0 Å². The van der Waals surface area contributed by atoms with E-state index in [1.165, 1.54) is 295 Å². The summed E-state index contributed by atoms with van der Waals surface area (Å²) in [6, 6.07) is -0.552. The molecule has 0 aliphatic carbocycles. The van der Waals surface area contributed by atoms with Crippen molar-refractivity contribution < 1.29 is 24.5 Å². The molecule has 0 spiro atoms. The summed E-state index contributed by atoms with van der Waals surface area (Å²) in [4.78, 5) is 24.6. The highest BCUT2D eigenvalue weighted by Crippen LogP contribution is 2.19. The zero-order valence-electron chi connectivity index (χ0n) is 50.4. The molecule has 6 nitrogen and oxygen atoms in total. The summed E-state index contributed by atoms with van der Waals surface area (Å²) in [6.07, 6.45) is 78.1. The van der Waals surface area contributed by atoms with Gasteiger partial charge in [-0.2, -0.15) is 0 Å². The Balaban J connectivity index is 3.43. The maximum absolute atomic E-state index is 12.5. The van der Waals surface area contributed by atoms with Gasteiger partial charge >= 0.3 is 5.97 Å². The summed E-state index contributed by atoms with van der Waals surface area (Å²) in [7, 11) is 0. The van der Waals surface area contributed by atoms with Gasteiger partial charge in [0.05, 0.1) is 25.4 Å². The lowest BCUT2D eigenvalue weighted by Crippen LogP contribution is -2.45. The van der Waals surface area contributed by atoms with E-state index in [9.17, 15) is 19.8 Å². The Morgan fingerprint density at radius 3 is 0.959 bits per heavy atom. The second-order valence-corrected chi connectivity index (χ2v) is 23.5. The number of aliphatic hydroxyl groups is 2. The first kappa shape index (κ1) is 72.6. The average Bonchev–Trinajstić information content (AvgIpc) is 3.40. The number of amides is 1. The van der Waals surface area contributed by atoms with Gasteiger partial charge in [-0.3, -0.25) is 9.59 Å². The predicted octanol–water partition coefficient (Wildman–Crippen LogP) is 21.6. The van der Waals surface area contributed by atoms with Crippen LogP contribution in [0.4, 0.5) is 0 Å². The number of allylic oxidation sites excluding steroid dienone is 2. The van der Waals surface area contributed by atoms with Crippen LogP contribution >= 0.6 is 0 Å². The molecule has 2 unspecified atom stereocenters. The van der Waals surface area contributed by atoms with Gasteiger partial charge in [-0.25, -0.2) is 0 Å². The molecule has 0 radical (unpaired) electrons. The van der Waals surface area contributed by atoms with Crippen molar-refractivity contribution in [1.82, 2.24) is 5.32 Å². The van der Waals surface area contributed by atoms with Crippen molar-refractivity contribution in [3.05, 3.63) is 12.2 Å². The third-order valence-electron chi connectivity index (χ3n) is 16.1. The number of unbranched alkanes of at least 4 members (excludes halogenated alkanes) is 51. The second kappa shape index (κ2) is 64.1. The molecule has 3 N–H and O–H groups in total. The van der Waals surface area contributed by atoms with E-state index in [-0.39, 0.29) is 18.5 Å². The molecule has 0 heterocycles. The third-order valence-corrected chi connectivity index (χ3v) is 16.1. The number of ether oxygens (including phenoxy) is 1. The fourth-order valence-corrected chi connectivity index (χ4v) is 10.9. The standard InChI is InChI=1S/C68H133NO5/c1-3-5-7-9-11-13-15-17-19-20-21-22-23-24-25-26-27-30-33-36-40-44-48-52-56-60-66(71)65(64-70)69-67(72)61-57-53-49-45-41-37-34-31-28-29-32-35-39-43-47-51-55-59-63-74-68(73)62-58-54-50-46-42-38-18-16-14-12-10-8-6-4-2/h31,34,65-66,70-71H,3-30,32-33,35-64H2,1-2H3,(H,69,72)/b34-31-. The number of rotatable bonds is 64. The van der Waals surface area contributed by atoms with E-state index >= 15 is 0 Å². The van der Waals surface area contributed by atoms with Crippen molar-refractivity contribution in [3.63, 3.8) is 0 Å². The molecule has 0 aromatic heterocycles. The number of esters is 1. The molecule has 440 valence electrons. The summed E-state index contributed by atoms with van der Waals surface area (Å²) in [5.41, 5.74) is 0. The molecular formula is C68H133NO5. The Morgan fingerprint density at radius 2 is 0.635 bits per heavy atom. The van der Waals surface area contributed by atoms with Crippen LogP contribution in [0.1, 0.15) is 386 Å². The topological polar surface area (TPSA) is 95.9 Å². The Morgan fingerprint density at radius 1 is 0.365 bits per heavy atom. The van der Waals surface area contributed by atoms with Gasteiger partial charge in [-0.1, -0.05) is 334 Å². The van der Waals surface area contributed by atoms with E-state index in [4.69, 9.17) is 4.74 Å². The molecule has 0 fully saturated rings. The molecule has 0 aromatic carbocycles. The van der Waals surface area contributed by atoms with E-state index in [0.717, 1.165) is 57.8 Å². The van der Waals surface area contributed by atoms with Crippen molar-refractivity contribution in [2.75, 3.05) is 13.2 Å². The minimum absolute atomic E-state index is 0.00655. The van der Waals surface area contributed by atoms with Crippen LogP contribution in [0.3, 0.4) is 0 Å². The Hall–Kier alpha value is -1.40. The molecule has 0 aliphatic heterocycles. The van der Waals surface area contributed by atoms with Crippen molar-refractivity contribution >= 4 is 11.9 Å². The first-order chi connectivity index (χ1) is 36.5. The first-order valence-electron chi connectivity index (χ1n) is 33.9. The predicted molar refractivity (Wildman–Crippen MR) is 324 cm³/mol. The van der Waals surface area contributed by atoms with Crippen LogP contribution in [0.15, 0.2) is 12.2 Å². The van der Waals surface area contributed by atoms with E-state index in [0.29, 0.717) is 25.9 Å². The highest BCUT2D eigenvalue weighted by atomic mass is 16.5. The lowest BCUT2D eigenvalue weighted by molar-refractivity contribution is -0.143. The van der Waals surface area contributed by atoms with E-state index in [2.05, 4.69) is 31.3 Å². The number of hydrogen-bond acceptors (Lipinski definition) is 5. The van der Waals surface area contributed by atoms with Gasteiger partial charge in [0, 0.05) is 12.8 Å². The summed E-state index contributed by atoms with van der Waals surface area (Å²) in [5, 5.41) is 23.4. The van der Waals surface area contributed by atoms with Crippen LogP contribution in [0, 0.1) is 0 Å². The van der Waals surface area contributed by atoms with Gasteiger partial charge in [-0.05, 0) is 51.4 Å². The molecule has 74 heavy (non-hydrogen) atoms. The molecule has 0 saturated heterocycles. The largest absolute Gasteiger partial charge is 0.466 e. The fraction of sp³-hybridized carbons (Fsp3) is 0.941. The molecule has 2 atom stereocenters. The number of nitrogens with one attached hydrogen (secondary N) is 1. The van der Waals surface area contributed by atoms with Gasteiger partial charge < -0.3 is 20.3 Å². The molecule has 1 amide bonds. The molecular weight excluding hydrogens is 911 g/mol. The van der Waals surface area contributed by atoms with Gasteiger partial charge in [0.1, 0.15) is 0 Å². The van der Waals surface area contributed by atoms with Gasteiger partial charge in [0.25, 0.3) is 0 Å². The highest BCUT2D eigenvalue weighted by molar-refractivity contribution is 5.76. The van der Waals surface area contributed by atoms with E-state index in [1.807, 2.05) is 0 Å². The van der Waals surface area contributed by atoms with Crippen molar-refractivity contribution in [1.29, 1.82) is 0 Å². The van der Waals surface area contributed by atoms with Crippen LogP contribution in [0.2, 0.25) is 0 Å². The third kappa shape index (κ3) is 59.8. The van der Waals surface area contributed by atoms with Crippen LogP contribution in [0.5, 0.6) is 0 Å². The molecule has 0 aliphatic rings. The zero-order chi connectivity index (χ0) is 53.6. The summed E-state index contributed by atoms with van der Waals surface area (Å²) in [6.45, 7) is 4.98. The second-order valence-electron chi connectivity index (χ2n) is 23.5. The van der Waals surface area contributed by atoms with Crippen LogP contribution < -0.4 is 5.32 Å². The van der Waals surface area contributed by atoms with Crippen LogP contribution in [-0.4, -0.2) is 47.4 Å². The quantitative estimate of drug-likeness (QED) is 0.0320. The van der Waals surface area contributed by atoms with Gasteiger partial charge in [0.15, 0.2) is 0 Å². The van der Waals surface area contributed by atoms with E-state index < -0.39 is 12.1 Å². The maximum Gasteiger partial charge on any atom is 0.305 e. The number of carbonyl (C=O) groups excluding carboxylic acids is 2. The lowest BCUT2D eigenvalue weighted by Gasteiger charge is -2.22. The van der Waals surface area contributed by atoms with Crippen LogP contribution in [-0.2, 0) is 14.3 Å². The monoisotopic (exact) mass is 1040 g/mol. The Kier molecular flexibility index (Phi) is 62.9. The van der Waals surface area contributed by atoms with Crippen molar-refractivity contribution in [3.8, 4) is 0 Å². The fourth-order valence-electron chi connectivity index (χ4n) is 10.9.